The fourth-order valence-electron chi connectivity index (χ4n) is 2.16. The van der Waals surface area contributed by atoms with Crippen molar-refractivity contribution in [3.63, 3.8) is 0 Å². The standard InChI is InChI=1S/C13H18O2S/c14-13(11-5-2-1-3-6-11)15-9-8-12-7-4-10-16-12/h4,7,10-11H,1-3,5-6,8-9H2. The molecule has 0 aromatic carbocycles. The topological polar surface area (TPSA) is 26.3 Å². The smallest absolute Gasteiger partial charge is 0.308 e. The van der Waals surface area contributed by atoms with Gasteiger partial charge < -0.3 is 4.74 Å². The van der Waals surface area contributed by atoms with Crippen molar-refractivity contribution in [3.05, 3.63) is 22.4 Å². The molecule has 0 radical (unpaired) electrons. The number of hydrogen-bond donors (Lipinski definition) is 0. The largest absolute Gasteiger partial charge is 0.465 e. The van der Waals surface area contributed by atoms with Crippen molar-refractivity contribution in [2.24, 2.45) is 5.92 Å². The molecule has 2 rings (SSSR count). The average Bonchev–Trinajstić information content (AvgIpc) is 2.83. The Bertz CT molecular complexity index is 313. The number of carbonyl (C=O) groups excluding carboxylic acids is 1. The van der Waals surface area contributed by atoms with E-state index in [1.807, 2.05) is 6.07 Å². The minimum atomic E-state index is 0.0243. The van der Waals surface area contributed by atoms with Gasteiger partial charge in [0.05, 0.1) is 12.5 Å². The number of carbonyl (C=O) groups is 1. The lowest BCUT2D eigenvalue weighted by molar-refractivity contribution is -0.149. The van der Waals surface area contributed by atoms with E-state index in [1.54, 1.807) is 11.3 Å². The summed E-state index contributed by atoms with van der Waals surface area (Å²) in [4.78, 5) is 13.0. The maximum Gasteiger partial charge on any atom is 0.308 e. The van der Waals surface area contributed by atoms with Crippen LogP contribution in [0.1, 0.15) is 37.0 Å². The molecular formula is C13H18O2S. The van der Waals surface area contributed by atoms with E-state index in [0.717, 1.165) is 19.3 Å². The molecule has 3 heteroatoms. The van der Waals surface area contributed by atoms with Crippen LogP contribution >= 0.6 is 11.3 Å². The molecule has 0 aliphatic heterocycles. The van der Waals surface area contributed by atoms with Gasteiger partial charge in [-0.25, -0.2) is 0 Å². The molecule has 1 aromatic heterocycles. The SMILES string of the molecule is O=C(OCCc1cccs1)C1CCCCC1. The van der Waals surface area contributed by atoms with Gasteiger partial charge in [0.15, 0.2) is 0 Å². The molecular weight excluding hydrogens is 220 g/mol. The molecule has 0 bridgehead atoms. The van der Waals surface area contributed by atoms with E-state index in [2.05, 4.69) is 11.4 Å². The Hall–Kier alpha value is -0.830. The van der Waals surface area contributed by atoms with Crippen LogP contribution in [0.15, 0.2) is 17.5 Å². The van der Waals surface area contributed by atoms with E-state index in [1.165, 1.54) is 24.1 Å². The molecule has 0 saturated heterocycles. The maximum atomic E-state index is 11.7. The van der Waals surface area contributed by atoms with Crippen LogP contribution in [-0.4, -0.2) is 12.6 Å². The summed E-state index contributed by atoms with van der Waals surface area (Å²) in [6.07, 6.45) is 6.56. The predicted molar refractivity (Wildman–Crippen MR) is 65.6 cm³/mol. The fourth-order valence-corrected chi connectivity index (χ4v) is 2.85. The van der Waals surface area contributed by atoms with Gasteiger partial charge >= 0.3 is 5.97 Å². The van der Waals surface area contributed by atoms with Crippen molar-refractivity contribution in [1.29, 1.82) is 0 Å². The Labute approximate surface area is 101 Å². The Morgan fingerprint density at radius 1 is 1.38 bits per heavy atom. The maximum absolute atomic E-state index is 11.7. The minimum Gasteiger partial charge on any atom is -0.465 e. The summed E-state index contributed by atoms with van der Waals surface area (Å²) in [6, 6.07) is 4.11. The van der Waals surface area contributed by atoms with Crippen LogP contribution in [0.2, 0.25) is 0 Å². The van der Waals surface area contributed by atoms with E-state index in [-0.39, 0.29) is 11.9 Å². The van der Waals surface area contributed by atoms with Gasteiger partial charge in [0, 0.05) is 11.3 Å². The molecule has 0 N–H and O–H groups in total. The third-order valence-corrected chi connectivity index (χ3v) is 4.05. The Morgan fingerprint density at radius 2 is 2.19 bits per heavy atom. The van der Waals surface area contributed by atoms with Crippen molar-refractivity contribution in [1.82, 2.24) is 0 Å². The van der Waals surface area contributed by atoms with Crippen LogP contribution in [0.25, 0.3) is 0 Å². The van der Waals surface area contributed by atoms with Gasteiger partial charge in [0.1, 0.15) is 0 Å². The molecule has 1 aromatic rings. The molecule has 1 fully saturated rings. The molecule has 16 heavy (non-hydrogen) atoms. The molecule has 1 heterocycles. The molecule has 1 aliphatic carbocycles. The lowest BCUT2D eigenvalue weighted by Crippen LogP contribution is -2.21. The number of hydrogen-bond acceptors (Lipinski definition) is 3. The van der Waals surface area contributed by atoms with Gasteiger partial charge in [-0.05, 0) is 24.3 Å². The van der Waals surface area contributed by atoms with Crippen molar-refractivity contribution in [2.75, 3.05) is 6.61 Å². The normalized spacial score (nSPS) is 17.2. The lowest BCUT2D eigenvalue weighted by Gasteiger charge is -2.19. The highest BCUT2D eigenvalue weighted by Crippen LogP contribution is 2.24. The third kappa shape index (κ3) is 3.34. The predicted octanol–water partition coefficient (Wildman–Crippen LogP) is 3.41. The Balaban J connectivity index is 1.67. The highest BCUT2D eigenvalue weighted by Gasteiger charge is 2.22. The first kappa shape index (κ1) is 11.6. The number of thiophene rings is 1. The Morgan fingerprint density at radius 3 is 2.88 bits per heavy atom. The van der Waals surface area contributed by atoms with Crippen LogP contribution in [0.4, 0.5) is 0 Å². The second-order valence-electron chi connectivity index (χ2n) is 4.33. The van der Waals surface area contributed by atoms with Gasteiger partial charge in [-0.3, -0.25) is 4.79 Å². The molecule has 2 nitrogen and oxygen atoms in total. The lowest BCUT2D eigenvalue weighted by atomic mass is 9.89. The van der Waals surface area contributed by atoms with Crippen LogP contribution in [0.5, 0.6) is 0 Å². The van der Waals surface area contributed by atoms with Crippen molar-refractivity contribution < 1.29 is 9.53 Å². The van der Waals surface area contributed by atoms with Crippen LogP contribution < -0.4 is 0 Å². The molecule has 0 amide bonds. The monoisotopic (exact) mass is 238 g/mol. The summed E-state index contributed by atoms with van der Waals surface area (Å²) in [5.41, 5.74) is 0. The zero-order valence-corrected chi connectivity index (χ0v) is 10.3. The number of rotatable bonds is 4. The van der Waals surface area contributed by atoms with E-state index in [4.69, 9.17) is 4.74 Å². The molecule has 1 aliphatic rings. The summed E-state index contributed by atoms with van der Waals surface area (Å²) in [6.45, 7) is 0.538. The first-order valence-electron chi connectivity index (χ1n) is 6.05. The van der Waals surface area contributed by atoms with Gasteiger partial charge in [-0.2, -0.15) is 0 Å². The van der Waals surface area contributed by atoms with E-state index < -0.39 is 0 Å². The van der Waals surface area contributed by atoms with Crippen molar-refractivity contribution in [3.8, 4) is 0 Å². The summed E-state index contributed by atoms with van der Waals surface area (Å²) < 4.78 is 5.32. The van der Waals surface area contributed by atoms with Gasteiger partial charge in [-0.15, -0.1) is 11.3 Å². The quantitative estimate of drug-likeness (QED) is 0.751. The molecule has 0 atom stereocenters. The average molecular weight is 238 g/mol. The first-order valence-corrected chi connectivity index (χ1v) is 6.93. The van der Waals surface area contributed by atoms with Gasteiger partial charge in [-0.1, -0.05) is 25.3 Å². The fraction of sp³-hybridized carbons (Fsp3) is 0.615. The number of esters is 1. The zero-order valence-electron chi connectivity index (χ0n) is 9.48. The third-order valence-electron chi connectivity index (χ3n) is 3.11. The summed E-state index contributed by atoms with van der Waals surface area (Å²) in [5, 5.41) is 2.05. The molecule has 0 spiro atoms. The molecule has 0 unspecified atom stereocenters. The summed E-state index contributed by atoms with van der Waals surface area (Å²) in [7, 11) is 0. The highest BCUT2D eigenvalue weighted by molar-refractivity contribution is 7.09. The number of ether oxygens (including phenoxy) is 1. The van der Waals surface area contributed by atoms with Crippen LogP contribution in [0, 0.1) is 5.92 Å². The van der Waals surface area contributed by atoms with Crippen LogP contribution in [-0.2, 0) is 16.0 Å². The molecule has 88 valence electrons. The summed E-state index contributed by atoms with van der Waals surface area (Å²) in [5.74, 6) is 0.202. The van der Waals surface area contributed by atoms with Gasteiger partial charge in [0.25, 0.3) is 0 Å². The van der Waals surface area contributed by atoms with Crippen LogP contribution in [0.3, 0.4) is 0 Å². The second-order valence-corrected chi connectivity index (χ2v) is 5.36. The van der Waals surface area contributed by atoms with E-state index >= 15 is 0 Å². The Kier molecular flexibility index (Phi) is 4.40. The second kappa shape index (κ2) is 6.04. The summed E-state index contributed by atoms with van der Waals surface area (Å²) >= 11 is 1.72. The minimum absolute atomic E-state index is 0.0243. The molecule has 1 saturated carbocycles. The van der Waals surface area contributed by atoms with E-state index in [0.29, 0.717) is 6.61 Å². The van der Waals surface area contributed by atoms with Crippen molar-refractivity contribution in [2.45, 2.75) is 38.5 Å². The van der Waals surface area contributed by atoms with E-state index in [9.17, 15) is 4.79 Å². The van der Waals surface area contributed by atoms with Gasteiger partial charge in [0.2, 0.25) is 0 Å². The first-order chi connectivity index (χ1) is 7.86. The zero-order chi connectivity index (χ0) is 11.2. The van der Waals surface area contributed by atoms with Crippen molar-refractivity contribution >= 4 is 17.3 Å². The highest BCUT2D eigenvalue weighted by atomic mass is 32.1.